The van der Waals surface area contributed by atoms with Gasteiger partial charge in [-0.05, 0) is 25.5 Å². The highest BCUT2D eigenvalue weighted by molar-refractivity contribution is 5.56. The Labute approximate surface area is 126 Å². The summed E-state index contributed by atoms with van der Waals surface area (Å²) in [6, 6.07) is 6.54. The highest BCUT2D eigenvalue weighted by atomic mass is 16.5. The molecule has 4 nitrogen and oxygen atoms in total. The molecule has 1 saturated carbocycles. The molecule has 1 aromatic carbocycles. The number of hydrogen-bond acceptors (Lipinski definition) is 4. The standard InChI is InChI=1S/C17H25NO3/c1-4-19-16-11-15(17(16,2)3)18-12-6-7-13-14(10-12)21-9-5-8-20-13/h6-7,10,15-16,18H,4-5,8-9,11H2,1-3H3. The van der Waals surface area contributed by atoms with Crippen LogP contribution in [0.1, 0.15) is 33.6 Å². The van der Waals surface area contributed by atoms with E-state index in [-0.39, 0.29) is 5.41 Å². The SMILES string of the molecule is CCOC1CC(Nc2ccc3c(c2)OCCCO3)C1(C)C. The van der Waals surface area contributed by atoms with Crippen LogP contribution < -0.4 is 14.8 Å². The lowest BCUT2D eigenvalue weighted by Gasteiger charge is -2.52. The molecule has 21 heavy (non-hydrogen) atoms. The molecule has 2 aliphatic rings. The third kappa shape index (κ3) is 2.82. The van der Waals surface area contributed by atoms with Crippen LogP contribution >= 0.6 is 0 Å². The second kappa shape index (κ2) is 5.76. The minimum atomic E-state index is 0.153. The van der Waals surface area contributed by atoms with Crippen molar-refractivity contribution >= 4 is 5.69 Å². The van der Waals surface area contributed by atoms with Crippen LogP contribution in [0, 0.1) is 5.41 Å². The quantitative estimate of drug-likeness (QED) is 0.922. The Balaban J connectivity index is 1.68. The molecule has 1 aromatic rings. The summed E-state index contributed by atoms with van der Waals surface area (Å²) < 4.78 is 17.2. The summed E-state index contributed by atoms with van der Waals surface area (Å²) in [4.78, 5) is 0. The summed E-state index contributed by atoms with van der Waals surface area (Å²) in [6.45, 7) is 8.81. The van der Waals surface area contributed by atoms with Crippen LogP contribution in [0.15, 0.2) is 18.2 Å². The summed E-state index contributed by atoms with van der Waals surface area (Å²) in [5.41, 5.74) is 1.24. The Morgan fingerprint density at radius 3 is 2.71 bits per heavy atom. The Hall–Kier alpha value is -1.42. The zero-order chi connectivity index (χ0) is 14.9. The van der Waals surface area contributed by atoms with Gasteiger partial charge in [0.2, 0.25) is 0 Å². The van der Waals surface area contributed by atoms with E-state index < -0.39 is 0 Å². The van der Waals surface area contributed by atoms with E-state index in [2.05, 4.69) is 32.2 Å². The maximum absolute atomic E-state index is 5.78. The van der Waals surface area contributed by atoms with E-state index in [1.807, 2.05) is 12.1 Å². The highest BCUT2D eigenvalue weighted by Gasteiger charge is 2.48. The van der Waals surface area contributed by atoms with Crippen LogP contribution in [-0.2, 0) is 4.74 Å². The summed E-state index contributed by atoms with van der Waals surface area (Å²) in [7, 11) is 0. The van der Waals surface area contributed by atoms with Crippen molar-refractivity contribution in [1.29, 1.82) is 0 Å². The number of anilines is 1. The summed E-state index contributed by atoms with van der Waals surface area (Å²) in [5, 5.41) is 3.61. The van der Waals surface area contributed by atoms with Gasteiger partial charge < -0.3 is 19.5 Å². The summed E-state index contributed by atoms with van der Waals surface area (Å²) >= 11 is 0. The lowest BCUT2D eigenvalue weighted by Crippen LogP contribution is -2.58. The van der Waals surface area contributed by atoms with E-state index in [0.29, 0.717) is 12.1 Å². The van der Waals surface area contributed by atoms with Crippen molar-refractivity contribution in [2.75, 3.05) is 25.1 Å². The largest absolute Gasteiger partial charge is 0.490 e. The van der Waals surface area contributed by atoms with E-state index in [9.17, 15) is 0 Å². The van der Waals surface area contributed by atoms with Gasteiger partial charge in [0, 0.05) is 36.2 Å². The van der Waals surface area contributed by atoms with Crippen LogP contribution in [0.5, 0.6) is 11.5 Å². The average Bonchev–Trinajstić information content (AvgIpc) is 2.71. The van der Waals surface area contributed by atoms with Gasteiger partial charge in [0.05, 0.1) is 19.3 Å². The molecular weight excluding hydrogens is 266 g/mol. The van der Waals surface area contributed by atoms with Gasteiger partial charge in [-0.15, -0.1) is 0 Å². The van der Waals surface area contributed by atoms with Gasteiger partial charge in [0.1, 0.15) is 0 Å². The molecule has 3 rings (SSSR count). The maximum Gasteiger partial charge on any atom is 0.163 e. The smallest absolute Gasteiger partial charge is 0.163 e. The number of nitrogens with one attached hydrogen (secondary N) is 1. The fraction of sp³-hybridized carbons (Fsp3) is 0.647. The number of rotatable bonds is 4. The Kier molecular flexibility index (Phi) is 3.98. The molecule has 4 heteroatoms. The van der Waals surface area contributed by atoms with E-state index in [0.717, 1.165) is 49.8 Å². The van der Waals surface area contributed by atoms with Crippen molar-refractivity contribution < 1.29 is 14.2 Å². The molecule has 0 spiro atoms. The molecule has 116 valence electrons. The fourth-order valence-corrected chi connectivity index (χ4v) is 3.07. The van der Waals surface area contributed by atoms with Gasteiger partial charge in [0.15, 0.2) is 11.5 Å². The van der Waals surface area contributed by atoms with Gasteiger partial charge in [0.25, 0.3) is 0 Å². The molecule has 2 unspecified atom stereocenters. The summed E-state index contributed by atoms with van der Waals surface area (Å²) in [5.74, 6) is 1.69. The molecule has 0 saturated heterocycles. The van der Waals surface area contributed by atoms with Crippen LogP contribution in [0.4, 0.5) is 5.69 Å². The number of benzene rings is 1. The molecule has 0 amide bonds. The van der Waals surface area contributed by atoms with Gasteiger partial charge in [-0.2, -0.15) is 0 Å². The van der Waals surface area contributed by atoms with Crippen molar-refractivity contribution in [1.82, 2.24) is 0 Å². The van der Waals surface area contributed by atoms with Crippen molar-refractivity contribution in [3.63, 3.8) is 0 Å². The number of ether oxygens (including phenoxy) is 3. The predicted molar refractivity (Wildman–Crippen MR) is 83.3 cm³/mol. The topological polar surface area (TPSA) is 39.7 Å². The maximum atomic E-state index is 5.78. The number of hydrogen-bond donors (Lipinski definition) is 1. The predicted octanol–water partition coefficient (Wildman–Crippen LogP) is 3.46. The molecule has 0 radical (unpaired) electrons. The fourth-order valence-electron chi connectivity index (χ4n) is 3.07. The second-order valence-corrected chi connectivity index (χ2v) is 6.41. The van der Waals surface area contributed by atoms with E-state index >= 15 is 0 Å². The lowest BCUT2D eigenvalue weighted by atomic mass is 9.64. The van der Waals surface area contributed by atoms with E-state index in [4.69, 9.17) is 14.2 Å². The zero-order valence-electron chi connectivity index (χ0n) is 13.1. The first-order valence-corrected chi connectivity index (χ1v) is 7.89. The van der Waals surface area contributed by atoms with Crippen LogP contribution in [0.2, 0.25) is 0 Å². The zero-order valence-corrected chi connectivity index (χ0v) is 13.1. The monoisotopic (exact) mass is 291 g/mol. The Morgan fingerprint density at radius 2 is 2.00 bits per heavy atom. The van der Waals surface area contributed by atoms with Gasteiger partial charge >= 0.3 is 0 Å². The first-order chi connectivity index (χ1) is 10.1. The van der Waals surface area contributed by atoms with Gasteiger partial charge in [-0.3, -0.25) is 0 Å². The molecule has 1 fully saturated rings. The Bertz CT molecular complexity index is 501. The van der Waals surface area contributed by atoms with E-state index in [1.165, 1.54) is 0 Å². The minimum absolute atomic E-state index is 0.153. The normalized spacial score (nSPS) is 26.6. The average molecular weight is 291 g/mol. The molecule has 0 bridgehead atoms. The molecule has 1 N–H and O–H groups in total. The number of fused-ring (bicyclic) bond motifs is 1. The minimum Gasteiger partial charge on any atom is -0.490 e. The molecule has 1 aliphatic carbocycles. The molecule has 1 aliphatic heterocycles. The van der Waals surface area contributed by atoms with Gasteiger partial charge in [-0.1, -0.05) is 13.8 Å². The second-order valence-electron chi connectivity index (χ2n) is 6.41. The van der Waals surface area contributed by atoms with E-state index in [1.54, 1.807) is 0 Å². The van der Waals surface area contributed by atoms with Crippen LogP contribution in [-0.4, -0.2) is 32.0 Å². The van der Waals surface area contributed by atoms with Crippen molar-refractivity contribution in [2.24, 2.45) is 5.41 Å². The first-order valence-electron chi connectivity index (χ1n) is 7.89. The molecule has 1 heterocycles. The third-order valence-corrected chi connectivity index (χ3v) is 4.63. The van der Waals surface area contributed by atoms with Crippen LogP contribution in [0.3, 0.4) is 0 Å². The lowest BCUT2D eigenvalue weighted by molar-refractivity contribution is -0.0975. The third-order valence-electron chi connectivity index (χ3n) is 4.63. The molecular formula is C17H25NO3. The first kappa shape index (κ1) is 14.5. The van der Waals surface area contributed by atoms with Gasteiger partial charge in [-0.25, -0.2) is 0 Å². The van der Waals surface area contributed by atoms with Crippen LogP contribution in [0.25, 0.3) is 0 Å². The van der Waals surface area contributed by atoms with Crippen molar-refractivity contribution in [2.45, 2.75) is 45.8 Å². The van der Waals surface area contributed by atoms with Crippen molar-refractivity contribution in [3.05, 3.63) is 18.2 Å². The summed E-state index contributed by atoms with van der Waals surface area (Å²) in [6.07, 6.45) is 2.33. The molecule has 2 atom stereocenters. The molecule has 0 aromatic heterocycles. The highest BCUT2D eigenvalue weighted by Crippen LogP contribution is 2.45. The Morgan fingerprint density at radius 1 is 1.24 bits per heavy atom. The van der Waals surface area contributed by atoms with Crippen molar-refractivity contribution in [3.8, 4) is 11.5 Å².